The van der Waals surface area contributed by atoms with Crippen LogP contribution in [0.15, 0.2) is 48.5 Å². The largest absolute Gasteiger partial charge is 0.497 e. The van der Waals surface area contributed by atoms with Crippen LogP contribution in [0, 0.1) is 0 Å². The van der Waals surface area contributed by atoms with E-state index in [0.29, 0.717) is 13.1 Å². The van der Waals surface area contributed by atoms with Crippen molar-refractivity contribution < 1.29 is 14.3 Å². The minimum Gasteiger partial charge on any atom is -0.497 e. The Morgan fingerprint density at radius 2 is 2.08 bits per heavy atom. The summed E-state index contributed by atoms with van der Waals surface area (Å²) in [5, 5.41) is 2.01. The Balaban J connectivity index is 1.75. The number of rotatable bonds is 4. The van der Waals surface area contributed by atoms with Gasteiger partial charge in [-0.15, -0.1) is 11.3 Å². The Bertz CT molecular complexity index is 920. The van der Waals surface area contributed by atoms with Crippen LogP contribution in [-0.4, -0.2) is 32.4 Å². The van der Waals surface area contributed by atoms with Crippen LogP contribution in [0.5, 0.6) is 5.75 Å². The fraction of sp³-hybridized carbons (Fsp3) is 0.211. The summed E-state index contributed by atoms with van der Waals surface area (Å²) in [6.45, 7) is 0.838. The predicted molar refractivity (Wildman–Crippen MR) is 100 cm³/mol. The second kappa shape index (κ2) is 6.38. The summed E-state index contributed by atoms with van der Waals surface area (Å²) in [5.41, 5.74) is 7.87. The second-order valence-corrected chi connectivity index (χ2v) is 6.94. The topological polar surface area (TPSA) is 64.8 Å². The Hall–Kier alpha value is -2.57. The summed E-state index contributed by atoms with van der Waals surface area (Å²) in [6.07, 6.45) is -0.563. The molecule has 2 aromatic carbocycles. The Morgan fingerprint density at radius 1 is 1.28 bits per heavy atom. The summed E-state index contributed by atoms with van der Waals surface area (Å²) in [4.78, 5) is 13.8. The number of fused-ring (bicyclic) bond motifs is 1. The SMILES string of the molecule is COc1ccc(-c2cccc3sc(N4C[C@H](CN)OC4=O)cc23)cc1. The van der Waals surface area contributed by atoms with Gasteiger partial charge in [-0.3, -0.25) is 4.90 Å². The smallest absolute Gasteiger partial charge is 0.415 e. The van der Waals surface area contributed by atoms with E-state index in [1.54, 1.807) is 23.3 Å². The molecule has 2 N–H and O–H groups in total. The standard InChI is InChI=1S/C19H18N2O3S/c1-23-13-7-5-12(6-8-13)15-3-2-4-17-16(15)9-18(25-17)21-11-14(10-20)24-19(21)22/h2-9,14H,10-11,20H2,1H3/t14-/m0/s1. The van der Waals surface area contributed by atoms with Crippen molar-refractivity contribution >= 4 is 32.5 Å². The Labute approximate surface area is 149 Å². The summed E-state index contributed by atoms with van der Waals surface area (Å²) >= 11 is 1.59. The first-order valence-electron chi connectivity index (χ1n) is 8.05. The highest BCUT2D eigenvalue weighted by Gasteiger charge is 2.32. The number of ether oxygens (including phenoxy) is 2. The van der Waals surface area contributed by atoms with Gasteiger partial charge >= 0.3 is 6.09 Å². The molecular weight excluding hydrogens is 336 g/mol. The first-order valence-corrected chi connectivity index (χ1v) is 8.86. The molecule has 1 aliphatic rings. The number of cyclic esters (lactones) is 1. The molecule has 0 unspecified atom stereocenters. The highest BCUT2D eigenvalue weighted by Crippen LogP contribution is 2.39. The third-order valence-electron chi connectivity index (χ3n) is 4.35. The van der Waals surface area contributed by atoms with E-state index < -0.39 is 0 Å². The van der Waals surface area contributed by atoms with Gasteiger partial charge in [0.05, 0.1) is 13.7 Å². The summed E-state index contributed by atoms with van der Waals surface area (Å²) < 4.78 is 11.6. The zero-order chi connectivity index (χ0) is 17.4. The van der Waals surface area contributed by atoms with E-state index in [1.165, 1.54) is 0 Å². The fourth-order valence-corrected chi connectivity index (χ4v) is 4.11. The third-order valence-corrected chi connectivity index (χ3v) is 5.48. The molecule has 6 heteroatoms. The second-order valence-electron chi connectivity index (χ2n) is 5.88. The van der Waals surface area contributed by atoms with Crippen molar-refractivity contribution in [2.75, 3.05) is 25.1 Å². The van der Waals surface area contributed by atoms with Gasteiger partial charge in [-0.25, -0.2) is 4.79 Å². The zero-order valence-electron chi connectivity index (χ0n) is 13.8. The number of amides is 1. The van der Waals surface area contributed by atoms with Gasteiger partial charge < -0.3 is 15.2 Å². The summed E-state index contributed by atoms with van der Waals surface area (Å²) in [5.74, 6) is 0.828. The van der Waals surface area contributed by atoms with Gasteiger partial charge in [0.15, 0.2) is 0 Å². The first kappa shape index (κ1) is 15.9. The molecule has 0 aliphatic carbocycles. The van der Waals surface area contributed by atoms with E-state index in [9.17, 15) is 4.79 Å². The molecule has 0 radical (unpaired) electrons. The fourth-order valence-electron chi connectivity index (χ4n) is 3.03. The Kier molecular flexibility index (Phi) is 4.07. The molecule has 1 amide bonds. The maximum absolute atomic E-state index is 12.1. The number of thiophene rings is 1. The predicted octanol–water partition coefficient (Wildman–Crippen LogP) is 3.86. The molecule has 0 bridgehead atoms. The molecule has 1 aliphatic heterocycles. The third kappa shape index (κ3) is 2.83. The van der Waals surface area contributed by atoms with Gasteiger partial charge in [0, 0.05) is 16.6 Å². The van der Waals surface area contributed by atoms with Gasteiger partial charge in [-0.2, -0.15) is 0 Å². The number of carbonyl (C=O) groups is 1. The number of anilines is 1. The average Bonchev–Trinajstić information content (AvgIpc) is 3.24. The maximum Gasteiger partial charge on any atom is 0.415 e. The lowest BCUT2D eigenvalue weighted by atomic mass is 10.0. The van der Waals surface area contributed by atoms with Gasteiger partial charge in [0.2, 0.25) is 0 Å². The van der Waals surface area contributed by atoms with Crippen molar-refractivity contribution in [2.24, 2.45) is 5.73 Å². The molecule has 1 atom stereocenters. The van der Waals surface area contributed by atoms with E-state index >= 15 is 0 Å². The molecule has 0 spiro atoms. The van der Waals surface area contributed by atoms with Crippen molar-refractivity contribution in [3.8, 4) is 16.9 Å². The minimum atomic E-state index is -0.326. The van der Waals surface area contributed by atoms with Crippen molar-refractivity contribution in [3.05, 3.63) is 48.5 Å². The Morgan fingerprint density at radius 3 is 2.76 bits per heavy atom. The number of hydrogen-bond acceptors (Lipinski definition) is 5. The van der Waals surface area contributed by atoms with E-state index in [1.807, 2.05) is 30.3 Å². The van der Waals surface area contributed by atoms with Crippen LogP contribution in [0.3, 0.4) is 0 Å². The van der Waals surface area contributed by atoms with Crippen LogP contribution < -0.4 is 15.4 Å². The number of methoxy groups -OCH3 is 1. The lowest BCUT2D eigenvalue weighted by Crippen LogP contribution is -2.26. The average molecular weight is 354 g/mol. The van der Waals surface area contributed by atoms with E-state index in [4.69, 9.17) is 15.2 Å². The molecule has 0 saturated carbocycles. The normalized spacial score (nSPS) is 17.1. The maximum atomic E-state index is 12.1. The van der Waals surface area contributed by atoms with Crippen LogP contribution in [0.1, 0.15) is 0 Å². The molecule has 1 aromatic heterocycles. The van der Waals surface area contributed by atoms with Gasteiger partial charge in [-0.1, -0.05) is 24.3 Å². The highest BCUT2D eigenvalue weighted by atomic mass is 32.1. The number of hydrogen-bond donors (Lipinski definition) is 1. The van der Waals surface area contributed by atoms with Crippen LogP contribution in [0.25, 0.3) is 21.2 Å². The number of nitrogens with two attached hydrogens (primary N) is 1. The van der Waals surface area contributed by atoms with Crippen LogP contribution >= 0.6 is 11.3 Å². The molecule has 2 heterocycles. The number of nitrogens with zero attached hydrogens (tertiary/aromatic N) is 1. The molecule has 1 saturated heterocycles. The van der Waals surface area contributed by atoms with Gasteiger partial charge in [0.1, 0.15) is 16.9 Å². The van der Waals surface area contributed by atoms with Crippen molar-refractivity contribution in [3.63, 3.8) is 0 Å². The first-order chi connectivity index (χ1) is 12.2. The lowest BCUT2D eigenvalue weighted by molar-refractivity contribution is 0.145. The quantitative estimate of drug-likeness (QED) is 0.773. The van der Waals surface area contributed by atoms with E-state index in [2.05, 4.69) is 18.2 Å². The monoisotopic (exact) mass is 354 g/mol. The molecule has 128 valence electrons. The van der Waals surface area contributed by atoms with Crippen LogP contribution in [0.2, 0.25) is 0 Å². The summed E-state index contributed by atoms with van der Waals surface area (Å²) in [6, 6.07) is 16.2. The van der Waals surface area contributed by atoms with Crippen LogP contribution in [0.4, 0.5) is 9.80 Å². The highest BCUT2D eigenvalue weighted by molar-refractivity contribution is 7.23. The molecule has 25 heavy (non-hydrogen) atoms. The molecule has 4 rings (SSSR count). The summed E-state index contributed by atoms with van der Waals surface area (Å²) in [7, 11) is 1.66. The molecule has 3 aromatic rings. The van der Waals surface area contributed by atoms with Crippen molar-refractivity contribution in [1.82, 2.24) is 0 Å². The minimum absolute atomic E-state index is 0.237. The van der Waals surface area contributed by atoms with Crippen LogP contribution in [-0.2, 0) is 4.74 Å². The molecule has 5 nitrogen and oxygen atoms in total. The van der Waals surface area contributed by atoms with Gasteiger partial charge in [0.25, 0.3) is 0 Å². The molecule has 1 fully saturated rings. The lowest BCUT2D eigenvalue weighted by Gasteiger charge is -2.08. The van der Waals surface area contributed by atoms with Crippen molar-refractivity contribution in [1.29, 1.82) is 0 Å². The van der Waals surface area contributed by atoms with Crippen molar-refractivity contribution in [2.45, 2.75) is 6.10 Å². The zero-order valence-corrected chi connectivity index (χ0v) is 14.6. The van der Waals surface area contributed by atoms with Gasteiger partial charge in [-0.05, 0) is 35.4 Å². The number of benzene rings is 2. The van der Waals surface area contributed by atoms with E-state index in [-0.39, 0.29) is 12.2 Å². The van der Waals surface area contributed by atoms with E-state index in [0.717, 1.165) is 32.0 Å². The molecular formula is C19H18N2O3S. The number of carbonyl (C=O) groups excluding carboxylic acids is 1.